The van der Waals surface area contributed by atoms with Gasteiger partial charge in [0.25, 0.3) is 0 Å². The number of hydrogen-bond acceptors (Lipinski definition) is 6. The number of nitrogens with zero attached hydrogens (tertiary/aromatic N) is 2. The van der Waals surface area contributed by atoms with Crippen molar-refractivity contribution in [3.63, 3.8) is 0 Å². The fraction of sp³-hybridized carbons (Fsp3) is 0.438. The molecule has 8 heteroatoms. The number of methoxy groups -OCH3 is 2. The summed E-state index contributed by atoms with van der Waals surface area (Å²) in [6.07, 6.45) is 2.76. The largest absolute Gasteiger partial charge is 0.493 e. The first-order valence-corrected chi connectivity index (χ1v) is 7.79. The average molecular weight is 332 g/mol. The predicted octanol–water partition coefficient (Wildman–Crippen LogP) is 2.33. The highest BCUT2D eigenvalue weighted by molar-refractivity contribution is 5.89. The van der Waals surface area contributed by atoms with Crippen molar-refractivity contribution in [2.45, 2.75) is 25.2 Å². The Morgan fingerprint density at radius 3 is 2.79 bits per heavy atom. The van der Waals surface area contributed by atoms with Gasteiger partial charge >= 0.3 is 6.03 Å². The molecule has 0 radical (unpaired) electrons. The third kappa shape index (κ3) is 3.95. The van der Waals surface area contributed by atoms with Gasteiger partial charge in [0.05, 0.1) is 14.2 Å². The van der Waals surface area contributed by atoms with Gasteiger partial charge < -0.3 is 24.6 Å². The minimum Gasteiger partial charge on any atom is -0.493 e. The molecule has 0 aliphatic heterocycles. The summed E-state index contributed by atoms with van der Waals surface area (Å²) < 4.78 is 15.5. The molecule has 0 atom stereocenters. The van der Waals surface area contributed by atoms with Crippen molar-refractivity contribution in [1.82, 2.24) is 15.5 Å². The summed E-state index contributed by atoms with van der Waals surface area (Å²) in [4.78, 5) is 16.2. The Kier molecular flexibility index (Phi) is 4.83. The first-order chi connectivity index (χ1) is 11.7. The van der Waals surface area contributed by atoms with Crippen molar-refractivity contribution < 1.29 is 18.8 Å². The Balaban J connectivity index is 1.46. The summed E-state index contributed by atoms with van der Waals surface area (Å²) in [5, 5.41) is 9.41. The molecule has 0 spiro atoms. The molecule has 1 heterocycles. The van der Waals surface area contributed by atoms with Crippen LogP contribution in [0.15, 0.2) is 22.7 Å². The van der Waals surface area contributed by atoms with Gasteiger partial charge in [0.1, 0.15) is 0 Å². The molecule has 1 aromatic heterocycles. The summed E-state index contributed by atoms with van der Waals surface area (Å²) in [5.41, 5.74) is 0.612. The Labute approximate surface area is 139 Å². The van der Waals surface area contributed by atoms with E-state index < -0.39 is 0 Å². The van der Waals surface area contributed by atoms with Gasteiger partial charge in [-0.1, -0.05) is 5.16 Å². The van der Waals surface area contributed by atoms with Gasteiger partial charge in [-0.05, 0) is 25.0 Å². The summed E-state index contributed by atoms with van der Waals surface area (Å²) in [5.74, 6) is 2.91. The van der Waals surface area contributed by atoms with E-state index in [1.807, 2.05) is 0 Å². The third-order valence-electron chi connectivity index (χ3n) is 3.69. The number of aromatic nitrogens is 2. The number of nitrogens with one attached hydrogen (secondary N) is 2. The van der Waals surface area contributed by atoms with E-state index in [2.05, 4.69) is 20.8 Å². The molecular formula is C16H20N4O4. The van der Waals surface area contributed by atoms with Crippen LogP contribution in [-0.2, 0) is 6.42 Å². The van der Waals surface area contributed by atoms with E-state index in [0.717, 1.165) is 12.8 Å². The highest BCUT2D eigenvalue weighted by atomic mass is 16.5. The molecule has 0 unspecified atom stereocenters. The molecule has 24 heavy (non-hydrogen) atoms. The van der Waals surface area contributed by atoms with Crippen molar-refractivity contribution >= 4 is 11.7 Å². The zero-order valence-electron chi connectivity index (χ0n) is 13.7. The van der Waals surface area contributed by atoms with Gasteiger partial charge in [-0.25, -0.2) is 4.79 Å². The maximum absolute atomic E-state index is 11.9. The van der Waals surface area contributed by atoms with Crippen LogP contribution in [0.5, 0.6) is 11.5 Å². The van der Waals surface area contributed by atoms with E-state index in [0.29, 0.717) is 47.8 Å². The van der Waals surface area contributed by atoms with E-state index in [9.17, 15) is 4.79 Å². The van der Waals surface area contributed by atoms with Gasteiger partial charge in [-0.2, -0.15) is 4.98 Å². The van der Waals surface area contributed by atoms with Crippen LogP contribution in [0, 0.1) is 0 Å². The Bertz CT molecular complexity index is 712. The van der Waals surface area contributed by atoms with Crippen LogP contribution in [0.4, 0.5) is 10.5 Å². The van der Waals surface area contributed by atoms with E-state index in [-0.39, 0.29) is 6.03 Å². The standard InChI is InChI=1S/C16H20N4O4/c1-22-12-6-5-11(9-13(12)23-2)18-16(21)17-8-7-14-19-15(24-20-14)10-3-4-10/h5-6,9-10H,3-4,7-8H2,1-2H3,(H2,17,18,21). The fourth-order valence-corrected chi connectivity index (χ4v) is 2.24. The first-order valence-electron chi connectivity index (χ1n) is 7.79. The molecular weight excluding hydrogens is 312 g/mol. The number of carbonyl (C=O) groups excluding carboxylic acids is 1. The van der Waals surface area contributed by atoms with Gasteiger partial charge in [0, 0.05) is 30.6 Å². The molecule has 1 saturated carbocycles. The number of urea groups is 1. The van der Waals surface area contributed by atoms with Crippen molar-refractivity contribution in [3.05, 3.63) is 29.9 Å². The lowest BCUT2D eigenvalue weighted by atomic mass is 10.3. The number of hydrogen-bond donors (Lipinski definition) is 2. The summed E-state index contributed by atoms with van der Waals surface area (Å²) in [6.45, 7) is 0.419. The summed E-state index contributed by atoms with van der Waals surface area (Å²) in [7, 11) is 3.10. The lowest BCUT2D eigenvalue weighted by Crippen LogP contribution is -2.30. The summed E-state index contributed by atoms with van der Waals surface area (Å²) in [6, 6.07) is 4.85. The number of rotatable bonds is 7. The second-order valence-electron chi connectivity index (χ2n) is 5.52. The smallest absolute Gasteiger partial charge is 0.319 e. The molecule has 1 aliphatic carbocycles. The fourth-order valence-electron chi connectivity index (χ4n) is 2.24. The van der Waals surface area contributed by atoms with Crippen molar-refractivity contribution in [1.29, 1.82) is 0 Å². The molecule has 8 nitrogen and oxygen atoms in total. The Morgan fingerprint density at radius 2 is 2.08 bits per heavy atom. The topological polar surface area (TPSA) is 98.5 Å². The summed E-state index contributed by atoms with van der Waals surface area (Å²) >= 11 is 0. The minimum atomic E-state index is -0.312. The third-order valence-corrected chi connectivity index (χ3v) is 3.69. The monoisotopic (exact) mass is 332 g/mol. The maximum atomic E-state index is 11.9. The molecule has 0 saturated heterocycles. The van der Waals surface area contributed by atoms with Crippen molar-refractivity contribution in [2.75, 3.05) is 26.1 Å². The highest BCUT2D eigenvalue weighted by Crippen LogP contribution is 2.38. The second-order valence-corrected chi connectivity index (χ2v) is 5.52. The van der Waals surface area contributed by atoms with Crippen LogP contribution in [0.2, 0.25) is 0 Å². The molecule has 0 bridgehead atoms. The predicted molar refractivity (Wildman–Crippen MR) is 86.5 cm³/mol. The average Bonchev–Trinajstić information content (AvgIpc) is 3.34. The number of anilines is 1. The molecule has 2 N–H and O–H groups in total. The van der Waals surface area contributed by atoms with E-state index in [4.69, 9.17) is 14.0 Å². The normalized spacial score (nSPS) is 13.4. The highest BCUT2D eigenvalue weighted by Gasteiger charge is 2.29. The number of ether oxygens (including phenoxy) is 2. The number of amides is 2. The quantitative estimate of drug-likeness (QED) is 0.807. The van der Waals surface area contributed by atoms with Crippen LogP contribution in [0.25, 0.3) is 0 Å². The molecule has 3 rings (SSSR count). The lowest BCUT2D eigenvalue weighted by Gasteiger charge is -2.11. The number of benzene rings is 1. The van der Waals surface area contributed by atoms with Gasteiger partial charge in [0.15, 0.2) is 17.3 Å². The van der Waals surface area contributed by atoms with E-state index in [1.165, 1.54) is 0 Å². The van der Waals surface area contributed by atoms with Crippen LogP contribution in [0.3, 0.4) is 0 Å². The van der Waals surface area contributed by atoms with Crippen LogP contribution in [-0.4, -0.2) is 36.9 Å². The molecule has 128 valence electrons. The van der Waals surface area contributed by atoms with Crippen LogP contribution < -0.4 is 20.1 Å². The molecule has 2 aromatic rings. The van der Waals surface area contributed by atoms with Crippen molar-refractivity contribution in [2.24, 2.45) is 0 Å². The van der Waals surface area contributed by atoms with Gasteiger partial charge in [0.2, 0.25) is 5.89 Å². The second kappa shape index (κ2) is 7.20. The zero-order chi connectivity index (χ0) is 16.9. The molecule has 1 fully saturated rings. The van der Waals surface area contributed by atoms with Gasteiger partial charge in [-0.3, -0.25) is 0 Å². The molecule has 2 amide bonds. The first kappa shape index (κ1) is 16.1. The van der Waals surface area contributed by atoms with Crippen LogP contribution in [0.1, 0.15) is 30.5 Å². The number of carbonyl (C=O) groups is 1. The van der Waals surface area contributed by atoms with Crippen LogP contribution >= 0.6 is 0 Å². The van der Waals surface area contributed by atoms with Crippen molar-refractivity contribution in [3.8, 4) is 11.5 Å². The van der Waals surface area contributed by atoms with Gasteiger partial charge in [-0.15, -0.1) is 0 Å². The SMILES string of the molecule is COc1ccc(NC(=O)NCCc2noc(C3CC3)n2)cc1OC. The van der Waals surface area contributed by atoms with E-state index >= 15 is 0 Å². The Hall–Kier alpha value is -2.77. The van der Waals surface area contributed by atoms with E-state index in [1.54, 1.807) is 32.4 Å². The maximum Gasteiger partial charge on any atom is 0.319 e. The minimum absolute atomic E-state index is 0.312. The Morgan fingerprint density at radius 1 is 1.29 bits per heavy atom. The molecule has 1 aliphatic rings. The lowest BCUT2D eigenvalue weighted by molar-refractivity contribution is 0.252. The molecule has 1 aromatic carbocycles. The zero-order valence-corrected chi connectivity index (χ0v) is 13.7.